The van der Waals surface area contributed by atoms with Gasteiger partial charge in [-0.1, -0.05) is 36.4 Å². The molecule has 4 nitrogen and oxygen atoms in total. The first-order valence-electron chi connectivity index (χ1n) is 9.17. The average Bonchev–Trinajstić information content (AvgIpc) is 3.15. The minimum absolute atomic E-state index is 0.696. The molecule has 5 heteroatoms. The summed E-state index contributed by atoms with van der Waals surface area (Å²) >= 11 is 1.79. The summed E-state index contributed by atoms with van der Waals surface area (Å²) in [5.41, 5.74) is 5.67. The predicted molar refractivity (Wildman–Crippen MR) is 113 cm³/mol. The number of ether oxygens (including phenoxy) is 1. The first kappa shape index (κ1) is 19.7. The summed E-state index contributed by atoms with van der Waals surface area (Å²) < 4.78 is 7.23. The number of nitrogens with zero attached hydrogens (tertiary/aromatic N) is 2. The van der Waals surface area contributed by atoms with Gasteiger partial charge in [0.1, 0.15) is 0 Å². The molecule has 2 aromatic carbocycles. The lowest BCUT2D eigenvalue weighted by Gasteiger charge is -2.15. The molecular formula is C22H25N3OS. The summed E-state index contributed by atoms with van der Waals surface area (Å²) in [5.74, 6) is 0. The van der Waals surface area contributed by atoms with Gasteiger partial charge in [0, 0.05) is 24.5 Å². The third kappa shape index (κ3) is 5.21. The van der Waals surface area contributed by atoms with Crippen molar-refractivity contribution in [3.05, 3.63) is 65.2 Å². The van der Waals surface area contributed by atoms with Crippen molar-refractivity contribution in [3.63, 3.8) is 0 Å². The Kier molecular flexibility index (Phi) is 7.08. The molecular weight excluding hydrogens is 354 g/mol. The number of morpholine rings is 1. The van der Waals surface area contributed by atoms with Gasteiger partial charge in [0.15, 0.2) is 0 Å². The van der Waals surface area contributed by atoms with Crippen molar-refractivity contribution in [2.75, 3.05) is 39.9 Å². The molecule has 0 spiro atoms. The van der Waals surface area contributed by atoms with Crippen LogP contribution in [0.4, 0.5) is 0 Å². The molecule has 1 saturated heterocycles. The first-order valence-corrected chi connectivity index (χ1v) is 9.94. The molecule has 0 amide bonds. The Balaban J connectivity index is 0.000000299. The van der Waals surface area contributed by atoms with Crippen molar-refractivity contribution < 1.29 is 4.74 Å². The van der Waals surface area contributed by atoms with Crippen LogP contribution in [0.2, 0.25) is 0 Å². The summed E-state index contributed by atoms with van der Waals surface area (Å²) in [7, 11) is 2.10. The Morgan fingerprint density at radius 3 is 2.37 bits per heavy atom. The Morgan fingerprint density at radius 1 is 1.11 bits per heavy atom. The number of hydrogen-bond acceptors (Lipinski definition) is 5. The van der Waals surface area contributed by atoms with Crippen LogP contribution < -0.4 is 5.32 Å². The molecule has 140 valence electrons. The van der Waals surface area contributed by atoms with Crippen molar-refractivity contribution in [2.45, 2.75) is 6.92 Å². The van der Waals surface area contributed by atoms with Crippen LogP contribution in [0.1, 0.15) is 16.7 Å². The minimum Gasteiger partial charge on any atom is -0.379 e. The van der Waals surface area contributed by atoms with Gasteiger partial charge < -0.3 is 10.1 Å². The second-order valence-electron chi connectivity index (χ2n) is 6.52. The van der Waals surface area contributed by atoms with Crippen molar-refractivity contribution in [1.82, 2.24) is 9.62 Å². The van der Waals surface area contributed by atoms with Gasteiger partial charge in [-0.15, -0.1) is 0 Å². The number of likely N-dealkylation sites (N-methyl/N-ethyl adjacent to an activating group) is 1. The van der Waals surface area contributed by atoms with Crippen LogP contribution in [0, 0.1) is 18.3 Å². The highest BCUT2D eigenvalue weighted by Crippen LogP contribution is 2.41. The van der Waals surface area contributed by atoms with E-state index in [1.165, 1.54) is 21.6 Å². The maximum Gasteiger partial charge on any atom is 0.0991 e. The van der Waals surface area contributed by atoms with E-state index in [0.717, 1.165) is 38.4 Å². The molecule has 1 N–H and O–H groups in total. The second-order valence-corrected chi connectivity index (χ2v) is 7.76. The molecule has 0 aliphatic carbocycles. The quantitative estimate of drug-likeness (QED) is 0.797. The van der Waals surface area contributed by atoms with Crippen LogP contribution in [0.5, 0.6) is 0 Å². The molecule has 1 fully saturated rings. The van der Waals surface area contributed by atoms with Crippen LogP contribution in [0.15, 0.2) is 48.5 Å². The molecule has 27 heavy (non-hydrogen) atoms. The van der Waals surface area contributed by atoms with E-state index < -0.39 is 0 Å². The van der Waals surface area contributed by atoms with Crippen molar-refractivity contribution in [1.29, 1.82) is 5.26 Å². The molecule has 2 aliphatic rings. The van der Waals surface area contributed by atoms with Crippen LogP contribution in [-0.4, -0.2) is 44.2 Å². The van der Waals surface area contributed by atoms with E-state index in [9.17, 15) is 0 Å². The lowest BCUT2D eigenvalue weighted by atomic mass is 9.95. The monoisotopic (exact) mass is 379 g/mol. The number of nitrogens with one attached hydrogen (secondary N) is 1. The third-order valence-corrected chi connectivity index (χ3v) is 5.51. The Hall–Kier alpha value is -2.10. The highest BCUT2D eigenvalue weighted by molar-refractivity contribution is 8.06. The maximum atomic E-state index is 8.93. The Morgan fingerprint density at radius 2 is 1.85 bits per heavy atom. The van der Waals surface area contributed by atoms with E-state index in [-0.39, 0.29) is 0 Å². The van der Waals surface area contributed by atoms with Gasteiger partial charge in [0.25, 0.3) is 0 Å². The fourth-order valence-electron chi connectivity index (χ4n) is 3.08. The number of hydrogen-bond donors (Lipinski definition) is 1. The van der Waals surface area contributed by atoms with Gasteiger partial charge in [-0.3, -0.25) is 0 Å². The minimum atomic E-state index is 0.696. The zero-order valence-corrected chi connectivity index (χ0v) is 16.7. The molecule has 0 radical (unpaired) electrons. The zero-order valence-electron chi connectivity index (χ0n) is 15.9. The molecule has 0 bridgehead atoms. The Labute approximate surface area is 166 Å². The van der Waals surface area contributed by atoms with Crippen LogP contribution in [0.3, 0.4) is 0 Å². The van der Waals surface area contributed by atoms with Crippen LogP contribution in [-0.2, 0) is 4.74 Å². The molecule has 0 unspecified atom stereocenters. The summed E-state index contributed by atoms with van der Waals surface area (Å²) in [4.78, 5) is 1.31. The van der Waals surface area contributed by atoms with E-state index in [2.05, 4.69) is 53.9 Å². The summed E-state index contributed by atoms with van der Waals surface area (Å²) in [6.07, 6.45) is 2.28. The maximum absolute atomic E-state index is 8.93. The number of nitriles is 1. The van der Waals surface area contributed by atoms with Crippen molar-refractivity contribution in [2.24, 2.45) is 0 Å². The largest absolute Gasteiger partial charge is 0.379 e. The lowest BCUT2D eigenvalue weighted by Crippen LogP contribution is -2.30. The Bertz CT molecular complexity index is 824. The van der Waals surface area contributed by atoms with E-state index >= 15 is 0 Å². The summed E-state index contributed by atoms with van der Waals surface area (Å²) in [6, 6.07) is 16.4. The predicted octanol–water partition coefficient (Wildman–Crippen LogP) is 4.07. The summed E-state index contributed by atoms with van der Waals surface area (Å²) in [6.45, 7) is 6.96. The number of rotatable bonds is 2. The standard InChI is InChI=1S/C18H16N2S.C4H9NO/c1-13-4-3-5-16(15-8-6-14(12-19)7-9-15)18(13)17-10-11-20(2)21-17;1-3-6-4-2-5-1/h3-10H,11H2,1-2H3;5H,1-4H2. The van der Waals surface area contributed by atoms with Crippen molar-refractivity contribution >= 4 is 16.9 Å². The molecule has 0 aromatic heterocycles. The second kappa shape index (κ2) is 9.72. The fourth-order valence-corrected chi connectivity index (χ4v) is 4.07. The molecule has 2 heterocycles. The molecule has 0 atom stereocenters. The topological polar surface area (TPSA) is 48.3 Å². The highest BCUT2D eigenvalue weighted by atomic mass is 32.2. The number of aryl methyl sites for hydroxylation is 1. The fraction of sp³-hybridized carbons (Fsp3) is 0.318. The van der Waals surface area contributed by atoms with Gasteiger partial charge >= 0.3 is 0 Å². The van der Waals surface area contributed by atoms with E-state index in [1.54, 1.807) is 11.9 Å². The van der Waals surface area contributed by atoms with Crippen LogP contribution >= 0.6 is 11.9 Å². The van der Waals surface area contributed by atoms with E-state index in [1.807, 2.05) is 24.3 Å². The molecule has 2 aromatic rings. The highest BCUT2D eigenvalue weighted by Gasteiger charge is 2.18. The number of benzene rings is 2. The van der Waals surface area contributed by atoms with Gasteiger partial charge in [0.2, 0.25) is 0 Å². The van der Waals surface area contributed by atoms with Crippen LogP contribution in [0.25, 0.3) is 16.0 Å². The van der Waals surface area contributed by atoms with E-state index in [0.29, 0.717) is 5.56 Å². The van der Waals surface area contributed by atoms with Gasteiger partial charge in [0.05, 0.1) is 24.8 Å². The average molecular weight is 380 g/mol. The zero-order chi connectivity index (χ0) is 19.1. The smallest absolute Gasteiger partial charge is 0.0991 e. The molecule has 4 rings (SSSR count). The summed E-state index contributed by atoms with van der Waals surface area (Å²) in [5, 5.41) is 12.1. The van der Waals surface area contributed by atoms with Gasteiger partial charge in [-0.05, 0) is 60.3 Å². The van der Waals surface area contributed by atoms with E-state index in [4.69, 9.17) is 10.00 Å². The van der Waals surface area contributed by atoms with Gasteiger partial charge in [-0.25, -0.2) is 4.31 Å². The third-order valence-electron chi connectivity index (χ3n) is 4.48. The molecule has 0 saturated carbocycles. The van der Waals surface area contributed by atoms with Crippen molar-refractivity contribution in [3.8, 4) is 17.2 Å². The molecule has 2 aliphatic heterocycles. The van der Waals surface area contributed by atoms with Gasteiger partial charge in [-0.2, -0.15) is 5.26 Å². The SMILES string of the molecule is C1COCCN1.Cc1cccc(-c2ccc(C#N)cc2)c1C1=CCN(C)S1. The normalized spacial score (nSPS) is 16.9. The first-order chi connectivity index (χ1) is 13.2. The lowest BCUT2D eigenvalue weighted by molar-refractivity contribution is 0.109.